The quantitative estimate of drug-likeness (QED) is 0.273. The third-order valence-corrected chi connectivity index (χ3v) is 5.70. The molecule has 0 aliphatic carbocycles. The Bertz CT molecular complexity index is 1480. The molecule has 13 heteroatoms. The van der Waals surface area contributed by atoms with Crippen LogP contribution in [0.4, 0.5) is 24.8 Å². The molecule has 0 aliphatic heterocycles. The van der Waals surface area contributed by atoms with E-state index in [2.05, 4.69) is 20.3 Å². The number of pyridine rings is 3. The number of nitrogens with one attached hydrogen (secondary N) is 1. The third-order valence-electron chi connectivity index (χ3n) is 5.70. The fourth-order valence-electron chi connectivity index (χ4n) is 3.87. The lowest BCUT2D eigenvalue weighted by Crippen LogP contribution is -2.25. The number of ether oxygens (including phenoxy) is 2. The van der Waals surface area contributed by atoms with Crippen molar-refractivity contribution in [1.29, 1.82) is 0 Å². The summed E-state index contributed by atoms with van der Waals surface area (Å²) in [7, 11) is 1.58. The molecule has 0 saturated carbocycles. The number of aromatic nitrogens is 5. The van der Waals surface area contributed by atoms with Crippen molar-refractivity contribution in [2.24, 2.45) is 0 Å². The molecule has 4 aromatic rings. The van der Waals surface area contributed by atoms with E-state index in [0.29, 0.717) is 37.5 Å². The van der Waals surface area contributed by atoms with Crippen molar-refractivity contribution in [3.8, 4) is 11.1 Å². The van der Waals surface area contributed by atoms with Gasteiger partial charge in [0.25, 0.3) is 5.56 Å². The van der Waals surface area contributed by atoms with Crippen molar-refractivity contribution in [1.82, 2.24) is 24.1 Å². The molecule has 10 nitrogen and oxygen atoms in total. The number of aliphatic hydroxyl groups is 1. The second-order valence-electron chi connectivity index (χ2n) is 9.52. The highest BCUT2D eigenvalue weighted by molar-refractivity contribution is 5.77. The van der Waals surface area contributed by atoms with Gasteiger partial charge in [-0.25, -0.2) is 15.0 Å². The van der Waals surface area contributed by atoms with Gasteiger partial charge in [0, 0.05) is 37.7 Å². The van der Waals surface area contributed by atoms with Crippen LogP contribution in [0.2, 0.25) is 0 Å². The molecule has 0 amide bonds. The molecule has 0 fully saturated rings. The number of hydrogen-bond acceptors (Lipinski definition) is 8. The molecule has 0 bridgehead atoms. The Kier molecular flexibility index (Phi) is 8.33. The summed E-state index contributed by atoms with van der Waals surface area (Å²) in [6, 6.07) is 7.27. The zero-order valence-corrected chi connectivity index (χ0v) is 21.7. The van der Waals surface area contributed by atoms with Gasteiger partial charge in [0.15, 0.2) is 5.65 Å². The number of nitrogens with zero attached hydrogens (tertiary/aromatic N) is 5. The Morgan fingerprint density at radius 3 is 2.46 bits per heavy atom. The summed E-state index contributed by atoms with van der Waals surface area (Å²) in [5.41, 5.74) is -0.873. The average Bonchev–Trinajstić information content (AvgIpc) is 3.24. The lowest BCUT2D eigenvalue weighted by Gasteiger charge is -2.18. The van der Waals surface area contributed by atoms with Crippen LogP contribution in [0.15, 0.2) is 53.8 Å². The predicted octanol–water partition coefficient (Wildman–Crippen LogP) is 3.85. The third kappa shape index (κ3) is 7.19. The first-order chi connectivity index (χ1) is 18.4. The number of alkyl halides is 3. The van der Waals surface area contributed by atoms with Crippen LogP contribution in [0.5, 0.6) is 0 Å². The van der Waals surface area contributed by atoms with Crippen molar-refractivity contribution in [2.45, 2.75) is 38.7 Å². The Morgan fingerprint density at radius 2 is 1.82 bits per heavy atom. The number of methoxy groups -OCH3 is 1. The van der Waals surface area contributed by atoms with Crippen molar-refractivity contribution >= 4 is 22.8 Å². The minimum Gasteiger partial charge on any atom is -0.389 e. The van der Waals surface area contributed by atoms with Crippen molar-refractivity contribution in [3.05, 3.63) is 65.0 Å². The second kappa shape index (κ2) is 11.5. The van der Waals surface area contributed by atoms with Gasteiger partial charge in [0.1, 0.15) is 22.7 Å². The molecule has 0 radical (unpaired) electrons. The first kappa shape index (κ1) is 28.2. The summed E-state index contributed by atoms with van der Waals surface area (Å²) in [6.45, 7) is 4.91. The van der Waals surface area contributed by atoms with Gasteiger partial charge < -0.3 is 29.0 Å². The van der Waals surface area contributed by atoms with Gasteiger partial charge in [-0.1, -0.05) is 0 Å². The maximum atomic E-state index is 13.8. The van der Waals surface area contributed by atoms with Gasteiger partial charge in [-0.15, -0.1) is 0 Å². The lowest BCUT2D eigenvalue weighted by atomic mass is 10.1. The van der Waals surface area contributed by atoms with E-state index in [1.54, 1.807) is 39.3 Å². The zero-order chi connectivity index (χ0) is 28.2. The van der Waals surface area contributed by atoms with E-state index in [4.69, 9.17) is 9.47 Å². The van der Waals surface area contributed by atoms with E-state index in [1.807, 2.05) is 0 Å². The lowest BCUT2D eigenvalue weighted by molar-refractivity contribution is -0.137. The predicted molar refractivity (Wildman–Crippen MR) is 139 cm³/mol. The maximum Gasteiger partial charge on any atom is 0.420 e. The average molecular weight is 547 g/mol. The first-order valence-electron chi connectivity index (χ1n) is 12.1. The monoisotopic (exact) mass is 546 g/mol. The molecule has 4 heterocycles. The molecule has 2 N–H and O–H groups in total. The van der Waals surface area contributed by atoms with Crippen LogP contribution in [-0.2, 0) is 28.7 Å². The molecule has 4 aromatic heterocycles. The van der Waals surface area contributed by atoms with E-state index in [1.165, 1.54) is 33.8 Å². The van der Waals surface area contributed by atoms with Crippen LogP contribution in [0.3, 0.4) is 0 Å². The Balaban J connectivity index is 1.55. The standard InChI is InChI=1S/C26H29F3N6O4/c1-25(2,37)15-35-16-31-20-13-19(26(27,28)29)23(33-24(20)35)32-21-5-4-18(14-30-21)17-6-7-34(22(36)12-17)8-9-39-11-10-38-3/h4-7,12-14,16,37H,8-11,15H2,1-3H3,(H,30,32,33). The molecule has 0 aliphatic rings. The van der Waals surface area contributed by atoms with Crippen LogP contribution in [0.1, 0.15) is 19.4 Å². The van der Waals surface area contributed by atoms with E-state index in [-0.39, 0.29) is 29.1 Å². The number of imidazole rings is 1. The van der Waals surface area contributed by atoms with Gasteiger partial charge >= 0.3 is 6.18 Å². The SMILES string of the molecule is COCCOCCn1ccc(-c2ccc(Nc3nc4c(cc3C(F)(F)F)ncn4CC(C)(C)O)nc2)cc1=O. The molecule has 0 saturated heterocycles. The fourth-order valence-corrected chi connectivity index (χ4v) is 3.87. The van der Waals surface area contributed by atoms with Gasteiger partial charge in [-0.2, -0.15) is 13.2 Å². The summed E-state index contributed by atoms with van der Waals surface area (Å²) < 4.78 is 54.8. The smallest absolute Gasteiger partial charge is 0.389 e. The van der Waals surface area contributed by atoms with Crippen molar-refractivity contribution in [2.75, 3.05) is 32.2 Å². The van der Waals surface area contributed by atoms with Crippen molar-refractivity contribution < 1.29 is 27.8 Å². The topological polar surface area (TPSA) is 116 Å². The Morgan fingerprint density at radius 1 is 1.03 bits per heavy atom. The molecule has 4 rings (SSSR count). The number of halogens is 3. The van der Waals surface area contributed by atoms with E-state index in [9.17, 15) is 23.1 Å². The van der Waals surface area contributed by atoms with Crippen LogP contribution in [0.25, 0.3) is 22.3 Å². The summed E-state index contributed by atoms with van der Waals surface area (Å²) in [5, 5.41) is 12.8. The Hall–Kier alpha value is -3.81. The van der Waals surface area contributed by atoms with E-state index in [0.717, 1.165) is 6.07 Å². The van der Waals surface area contributed by atoms with Crippen LogP contribution < -0.4 is 10.9 Å². The molecule has 0 unspecified atom stereocenters. The molecule has 208 valence electrons. The van der Waals surface area contributed by atoms with Gasteiger partial charge in [-0.05, 0) is 43.7 Å². The highest BCUT2D eigenvalue weighted by atomic mass is 19.4. The number of fused-ring (bicyclic) bond motifs is 1. The number of hydrogen-bond donors (Lipinski definition) is 2. The molecular weight excluding hydrogens is 517 g/mol. The minimum atomic E-state index is -4.69. The molecule has 0 aromatic carbocycles. The summed E-state index contributed by atoms with van der Waals surface area (Å²) in [6.07, 6.45) is -0.244. The van der Waals surface area contributed by atoms with Gasteiger partial charge in [0.05, 0.1) is 38.3 Å². The van der Waals surface area contributed by atoms with Crippen molar-refractivity contribution in [3.63, 3.8) is 0 Å². The number of anilines is 2. The Labute approximate surface area is 222 Å². The highest BCUT2D eigenvalue weighted by Gasteiger charge is 2.36. The molecule has 39 heavy (non-hydrogen) atoms. The van der Waals surface area contributed by atoms with Crippen LogP contribution in [0, 0.1) is 0 Å². The molecular formula is C26H29F3N6O4. The minimum absolute atomic E-state index is 0.0525. The van der Waals surface area contributed by atoms with Gasteiger partial charge in [-0.3, -0.25) is 4.79 Å². The fraction of sp³-hybridized carbons (Fsp3) is 0.385. The molecule has 0 atom stereocenters. The first-order valence-corrected chi connectivity index (χ1v) is 12.1. The largest absolute Gasteiger partial charge is 0.420 e. The normalized spacial score (nSPS) is 12.3. The zero-order valence-electron chi connectivity index (χ0n) is 21.7. The van der Waals surface area contributed by atoms with Gasteiger partial charge in [0.2, 0.25) is 0 Å². The number of rotatable bonds is 11. The maximum absolute atomic E-state index is 13.8. The second-order valence-corrected chi connectivity index (χ2v) is 9.52. The van der Waals surface area contributed by atoms with E-state index >= 15 is 0 Å². The summed E-state index contributed by atoms with van der Waals surface area (Å²) in [5.74, 6) is -0.311. The van der Waals surface area contributed by atoms with Crippen LogP contribution in [-0.4, -0.2) is 61.7 Å². The van der Waals surface area contributed by atoms with E-state index < -0.39 is 23.2 Å². The highest BCUT2D eigenvalue weighted by Crippen LogP contribution is 2.37. The summed E-state index contributed by atoms with van der Waals surface area (Å²) >= 11 is 0. The van der Waals surface area contributed by atoms with Crippen LogP contribution >= 0.6 is 0 Å². The summed E-state index contributed by atoms with van der Waals surface area (Å²) in [4.78, 5) is 24.9. The molecule has 0 spiro atoms.